The minimum absolute atomic E-state index is 0.201. The highest BCUT2D eigenvalue weighted by atomic mass is 16.5. The lowest BCUT2D eigenvalue weighted by molar-refractivity contribution is 0.0615. The Hall–Kier alpha value is -1.66. The number of ether oxygens (including phenoxy) is 1. The first kappa shape index (κ1) is 14.7. The molecular formula is C14H20N2O4. The Kier molecular flexibility index (Phi) is 4.92. The number of fused-ring (bicyclic) bond motifs is 1. The molecule has 0 bridgehead atoms. The summed E-state index contributed by atoms with van der Waals surface area (Å²) in [6.07, 6.45) is 2.74. The van der Waals surface area contributed by atoms with Gasteiger partial charge < -0.3 is 20.3 Å². The summed E-state index contributed by atoms with van der Waals surface area (Å²) in [5.74, 6) is -0.588. The molecule has 1 aliphatic carbocycles. The Morgan fingerprint density at radius 3 is 3.05 bits per heavy atom. The number of aromatic carboxylic acids is 1. The maximum absolute atomic E-state index is 11.3. The number of aliphatic hydroxyl groups is 1. The van der Waals surface area contributed by atoms with Crippen LogP contribution in [0.5, 0.6) is 0 Å². The van der Waals surface area contributed by atoms with Crippen LogP contribution in [0, 0.1) is 0 Å². The number of nitrogens with one attached hydrogen (secondary N) is 1. The van der Waals surface area contributed by atoms with Crippen LogP contribution in [0.3, 0.4) is 0 Å². The third-order valence-electron chi connectivity index (χ3n) is 3.41. The van der Waals surface area contributed by atoms with Gasteiger partial charge in [-0.15, -0.1) is 0 Å². The van der Waals surface area contributed by atoms with Crippen LogP contribution in [0.2, 0.25) is 0 Å². The van der Waals surface area contributed by atoms with Gasteiger partial charge in [0.25, 0.3) is 0 Å². The summed E-state index contributed by atoms with van der Waals surface area (Å²) in [6, 6.07) is 1.71. The van der Waals surface area contributed by atoms with E-state index in [1.165, 1.54) is 7.11 Å². The first-order valence-electron chi connectivity index (χ1n) is 6.78. The number of methoxy groups -OCH3 is 1. The molecule has 20 heavy (non-hydrogen) atoms. The quantitative estimate of drug-likeness (QED) is 0.692. The fourth-order valence-electron chi connectivity index (χ4n) is 2.40. The van der Waals surface area contributed by atoms with Crippen molar-refractivity contribution in [1.82, 2.24) is 4.98 Å². The van der Waals surface area contributed by atoms with Crippen molar-refractivity contribution < 1.29 is 19.7 Å². The predicted octanol–water partition coefficient (Wildman–Crippen LogP) is 1.08. The first-order chi connectivity index (χ1) is 9.61. The summed E-state index contributed by atoms with van der Waals surface area (Å²) < 4.78 is 4.84. The summed E-state index contributed by atoms with van der Waals surface area (Å²) >= 11 is 0. The van der Waals surface area contributed by atoms with Gasteiger partial charge in [-0.3, -0.25) is 0 Å². The average Bonchev–Trinajstić information content (AvgIpc) is 2.85. The maximum atomic E-state index is 11.3. The molecule has 0 aliphatic heterocycles. The summed E-state index contributed by atoms with van der Waals surface area (Å²) in [5, 5.41) is 21.8. The molecule has 0 spiro atoms. The molecule has 0 fully saturated rings. The fourth-order valence-corrected chi connectivity index (χ4v) is 2.40. The molecule has 1 aromatic rings. The van der Waals surface area contributed by atoms with Gasteiger partial charge in [-0.05, 0) is 37.3 Å². The van der Waals surface area contributed by atoms with Crippen LogP contribution in [-0.4, -0.2) is 47.5 Å². The van der Waals surface area contributed by atoms with Crippen LogP contribution in [0.25, 0.3) is 0 Å². The van der Waals surface area contributed by atoms with Crippen molar-refractivity contribution in [3.05, 3.63) is 22.9 Å². The normalized spacial score (nSPS) is 14.9. The molecule has 1 aliphatic rings. The number of rotatable bonds is 7. The van der Waals surface area contributed by atoms with E-state index < -0.39 is 12.1 Å². The molecule has 1 aromatic heterocycles. The number of aliphatic hydroxyl groups excluding tert-OH is 1. The van der Waals surface area contributed by atoms with E-state index >= 15 is 0 Å². The lowest BCUT2D eigenvalue weighted by Crippen LogP contribution is -2.19. The van der Waals surface area contributed by atoms with E-state index in [-0.39, 0.29) is 12.2 Å². The Balaban J connectivity index is 2.04. The highest BCUT2D eigenvalue weighted by Crippen LogP contribution is 2.25. The smallest absolute Gasteiger partial charge is 0.339 e. The van der Waals surface area contributed by atoms with Gasteiger partial charge in [0.15, 0.2) is 0 Å². The maximum Gasteiger partial charge on any atom is 0.339 e. The number of aromatic nitrogens is 1. The van der Waals surface area contributed by atoms with Crippen molar-refractivity contribution >= 4 is 11.8 Å². The zero-order chi connectivity index (χ0) is 14.5. The molecule has 110 valence electrons. The van der Waals surface area contributed by atoms with Crippen LogP contribution < -0.4 is 5.32 Å². The van der Waals surface area contributed by atoms with Crippen LogP contribution in [0.15, 0.2) is 6.07 Å². The molecule has 0 amide bonds. The second-order valence-corrected chi connectivity index (χ2v) is 4.97. The van der Waals surface area contributed by atoms with E-state index in [0.29, 0.717) is 18.8 Å². The third kappa shape index (κ3) is 3.46. The standard InChI is InChI=1S/C14H20N2O4/c1-20-8-10(17)5-6-15-13-11(14(18)19)7-9-3-2-4-12(9)16-13/h7,10,17H,2-6,8H2,1H3,(H,15,16)(H,18,19). The van der Waals surface area contributed by atoms with Gasteiger partial charge >= 0.3 is 5.97 Å². The highest BCUT2D eigenvalue weighted by Gasteiger charge is 2.19. The second kappa shape index (κ2) is 6.67. The molecule has 1 unspecified atom stereocenters. The molecule has 1 atom stereocenters. The molecule has 6 heteroatoms. The van der Waals surface area contributed by atoms with E-state index in [2.05, 4.69) is 10.3 Å². The molecule has 2 rings (SSSR count). The van der Waals surface area contributed by atoms with Crippen molar-refractivity contribution in [1.29, 1.82) is 0 Å². The third-order valence-corrected chi connectivity index (χ3v) is 3.41. The molecule has 0 radical (unpaired) electrons. The molecule has 6 nitrogen and oxygen atoms in total. The Morgan fingerprint density at radius 2 is 2.35 bits per heavy atom. The lowest BCUT2D eigenvalue weighted by atomic mass is 10.1. The number of aryl methyl sites for hydroxylation is 2. The minimum Gasteiger partial charge on any atom is -0.478 e. The van der Waals surface area contributed by atoms with E-state index in [9.17, 15) is 15.0 Å². The summed E-state index contributed by atoms with van der Waals surface area (Å²) in [7, 11) is 1.53. The van der Waals surface area contributed by atoms with Gasteiger partial charge in [-0.25, -0.2) is 9.78 Å². The predicted molar refractivity (Wildman–Crippen MR) is 74.2 cm³/mol. The Bertz CT molecular complexity index is 490. The topological polar surface area (TPSA) is 91.7 Å². The number of anilines is 1. The first-order valence-corrected chi connectivity index (χ1v) is 6.78. The fraction of sp³-hybridized carbons (Fsp3) is 0.571. The Labute approximate surface area is 117 Å². The van der Waals surface area contributed by atoms with Crippen molar-refractivity contribution in [2.45, 2.75) is 31.8 Å². The van der Waals surface area contributed by atoms with Crippen molar-refractivity contribution in [2.24, 2.45) is 0 Å². The molecule has 1 heterocycles. The SMILES string of the molecule is COCC(O)CCNc1nc2c(cc1C(=O)O)CCC2. The lowest BCUT2D eigenvalue weighted by Gasteiger charge is -2.13. The number of hydrogen-bond acceptors (Lipinski definition) is 5. The van der Waals surface area contributed by atoms with E-state index in [4.69, 9.17) is 4.74 Å². The molecule has 0 saturated carbocycles. The summed E-state index contributed by atoms with van der Waals surface area (Å²) in [4.78, 5) is 15.7. The van der Waals surface area contributed by atoms with Gasteiger partial charge in [-0.2, -0.15) is 0 Å². The largest absolute Gasteiger partial charge is 0.478 e. The van der Waals surface area contributed by atoms with Gasteiger partial charge in [0.2, 0.25) is 0 Å². The zero-order valence-electron chi connectivity index (χ0n) is 11.6. The van der Waals surface area contributed by atoms with Crippen LogP contribution in [0.4, 0.5) is 5.82 Å². The van der Waals surface area contributed by atoms with Crippen LogP contribution >= 0.6 is 0 Å². The van der Waals surface area contributed by atoms with E-state index in [0.717, 1.165) is 30.5 Å². The van der Waals surface area contributed by atoms with Crippen molar-refractivity contribution in [2.75, 3.05) is 25.6 Å². The van der Waals surface area contributed by atoms with Gasteiger partial charge in [0, 0.05) is 19.3 Å². The number of nitrogens with zero attached hydrogens (tertiary/aromatic N) is 1. The van der Waals surface area contributed by atoms with Crippen molar-refractivity contribution in [3.8, 4) is 0 Å². The molecule has 0 aromatic carbocycles. The van der Waals surface area contributed by atoms with Gasteiger partial charge in [-0.1, -0.05) is 0 Å². The van der Waals surface area contributed by atoms with E-state index in [1.807, 2.05) is 0 Å². The molecule has 0 saturated heterocycles. The number of carboxylic acids is 1. The van der Waals surface area contributed by atoms with Crippen LogP contribution in [-0.2, 0) is 17.6 Å². The minimum atomic E-state index is -0.980. The highest BCUT2D eigenvalue weighted by molar-refractivity contribution is 5.93. The molecule has 3 N–H and O–H groups in total. The average molecular weight is 280 g/mol. The second-order valence-electron chi connectivity index (χ2n) is 4.97. The zero-order valence-corrected chi connectivity index (χ0v) is 11.6. The number of carbonyl (C=O) groups is 1. The molecular weight excluding hydrogens is 260 g/mol. The number of pyridine rings is 1. The van der Waals surface area contributed by atoms with Gasteiger partial charge in [0.1, 0.15) is 11.4 Å². The van der Waals surface area contributed by atoms with E-state index in [1.54, 1.807) is 6.07 Å². The summed E-state index contributed by atoms with van der Waals surface area (Å²) in [6.45, 7) is 0.724. The van der Waals surface area contributed by atoms with Gasteiger partial charge in [0.05, 0.1) is 12.7 Å². The number of hydrogen-bond donors (Lipinski definition) is 3. The summed E-state index contributed by atoms with van der Waals surface area (Å²) in [5.41, 5.74) is 2.22. The van der Waals surface area contributed by atoms with Crippen LogP contribution in [0.1, 0.15) is 34.5 Å². The monoisotopic (exact) mass is 280 g/mol. The van der Waals surface area contributed by atoms with Crippen molar-refractivity contribution in [3.63, 3.8) is 0 Å². The Morgan fingerprint density at radius 1 is 1.55 bits per heavy atom. The number of carboxylic acid groups (broad SMARTS) is 1.